The van der Waals surface area contributed by atoms with Gasteiger partial charge < -0.3 is 23.8 Å². The molecule has 3 rings (SSSR count). The van der Waals surface area contributed by atoms with Gasteiger partial charge in [-0.15, -0.1) is 0 Å². The molecule has 11 heteroatoms. The Morgan fingerprint density at radius 1 is 0.816 bits per heavy atom. The van der Waals surface area contributed by atoms with Crippen LogP contribution in [-0.2, 0) is 33.2 Å². The van der Waals surface area contributed by atoms with Crippen LogP contribution in [-0.4, -0.2) is 63.8 Å². The molecule has 1 saturated heterocycles. The minimum Gasteiger partial charge on any atom is -0.434 e. The molecule has 3 atom stereocenters. The van der Waals surface area contributed by atoms with Crippen molar-refractivity contribution in [3.05, 3.63) is 41.4 Å². The summed E-state index contributed by atoms with van der Waals surface area (Å²) in [4.78, 5) is 14.1. The van der Waals surface area contributed by atoms with Gasteiger partial charge in [0.25, 0.3) is 10.1 Å². The fourth-order valence-corrected chi connectivity index (χ4v) is 8.09. The molecule has 1 aromatic carbocycles. The molecule has 3 unspecified atom stereocenters. The van der Waals surface area contributed by atoms with Crippen molar-refractivity contribution in [3.8, 4) is 0 Å². The molecule has 49 heavy (non-hydrogen) atoms. The van der Waals surface area contributed by atoms with Gasteiger partial charge in [-0.05, 0) is 56.6 Å². The SMILES string of the molecule is CCCCCCCCCCCCCCCCCC1OCC(COC(=O)OCCCCCCN2C=CSC2OS(=O)(=O)c2ccc(C)cc2)O1. The molecule has 0 aliphatic carbocycles. The van der Waals surface area contributed by atoms with Crippen molar-refractivity contribution in [2.75, 3.05) is 26.4 Å². The number of benzene rings is 1. The molecule has 0 aromatic heterocycles. The van der Waals surface area contributed by atoms with E-state index in [2.05, 4.69) is 6.92 Å². The van der Waals surface area contributed by atoms with Gasteiger partial charge in [0.1, 0.15) is 12.7 Å². The summed E-state index contributed by atoms with van der Waals surface area (Å²) < 4.78 is 52.9. The first-order chi connectivity index (χ1) is 23.9. The summed E-state index contributed by atoms with van der Waals surface area (Å²) in [6.45, 7) is 5.72. The first kappa shape index (κ1) is 41.6. The van der Waals surface area contributed by atoms with Crippen LogP contribution < -0.4 is 0 Å². The van der Waals surface area contributed by atoms with Crippen LogP contribution in [0, 0.1) is 6.92 Å². The Morgan fingerprint density at radius 3 is 2.06 bits per heavy atom. The van der Waals surface area contributed by atoms with Crippen LogP contribution >= 0.6 is 11.8 Å². The highest BCUT2D eigenvalue weighted by atomic mass is 32.2. The molecule has 0 radical (unpaired) electrons. The van der Waals surface area contributed by atoms with Crippen molar-refractivity contribution in [3.63, 3.8) is 0 Å². The normalized spacial score (nSPS) is 19.1. The van der Waals surface area contributed by atoms with Gasteiger partial charge in [-0.2, -0.15) is 8.42 Å². The van der Waals surface area contributed by atoms with Crippen molar-refractivity contribution in [2.45, 2.75) is 165 Å². The Bertz CT molecular complexity index is 1150. The molecule has 9 nitrogen and oxygen atoms in total. The summed E-state index contributed by atoms with van der Waals surface area (Å²) in [6, 6.07) is 6.64. The lowest BCUT2D eigenvalue weighted by atomic mass is 10.0. The number of aryl methyl sites for hydroxylation is 1. The second kappa shape index (κ2) is 25.2. The van der Waals surface area contributed by atoms with Crippen LogP contribution in [0.2, 0.25) is 0 Å². The molecule has 1 fully saturated rings. The van der Waals surface area contributed by atoms with Crippen LogP contribution in [0.25, 0.3) is 0 Å². The highest BCUT2D eigenvalue weighted by Crippen LogP contribution is 2.30. The van der Waals surface area contributed by atoms with Crippen LogP contribution in [0.5, 0.6) is 0 Å². The van der Waals surface area contributed by atoms with E-state index in [-0.39, 0.29) is 23.9 Å². The molecule has 0 spiro atoms. The van der Waals surface area contributed by atoms with Crippen molar-refractivity contribution < 1.29 is 36.3 Å². The van der Waals surface area contributed by atoms with Gasteiger partial charge in [0.05, 0.1) is 18.1 Å². The predicted octanol–water partition coefficient (Wildman–Crippen LogP) is 10.2. The van der Waals surface area contributed by atoms with Gasteiger partial charge in [0, 0.05) is 12.7 Å². The van der Waals surface area contributed by atoms with Gasteiger partial charge in [0.2, 0.25) is 5.56 Å². The van der Waals surface area contributed by atoms with Gasteiger partial charge in [-0.1, -0.05) is 133 Å². The maximum atomic E-state index is 12.7. The maximum absolute atomic E-state index is 12.7. The van der Waals surface area contributed by atoms with Crippen molar-refractivity contribution >= 4 is 28.0 Å². The minimum absolute atomic E-state index is 0.137. The Morgan fingerprint density at radius 2 is 1.41 bits per heavy atom. The fraction of sp³-hybridized carbons (Fsp3) is 0.763. The second-order valence-corrected chi connectivity index (χ2v) is 15.9. The summed E-state index contributed by atoms with van der Waals surface area (Å²) in [5, 5.41) is 1.85. The summed E-state index contributed by atoms with van der Waals surface area (Å²) in [5.41, 5.74) is 0.380. The molecular weight excluding hydrogens is 663 g/mol. The number of unbranched alkanes of at least 4 members (excludes halogenated alkanes) is 17. The molecule has 0 N–H and O–H groups in total. The largest absolute Gasteiger partial charge is 0.508 e. The number of ether oxygens (including phenoxy) is 4. The summed E-state index contributed by atoms with van der Waals surface area (Å²) in [6.07, 6.45) is 25.2. The lowest BCUT2D eigenvalue weighted by Gasteiger charge is -2.24. The zero-order valence-electron chi connectivity index (χ0n) is 30.2. The van der Waals surface area contributed by atoms with E-state index in [9.17, 15) is 13.2 Å². The van der Waals surface area contributed by atoms with Crippen molar-refractivity contribution in [2.24, 2.45) is 0 Å². The quantitative estimate of drug-likeness (QED) is 0.0471. The molecule has 2 heterocycles. The van der Waals surface area contributed by atoms with E-state index in [1.54, 1.807) is 24.3 Å². The van der Waals surface area contributed by atoms with E-state index in [4.69, 9.17) is 23.1 Å². The number of nitrogens with zero attached hydrogens (tertiary/aromatic N) is 1. The number of rotatable bonds is 28. The number of carbonyl (C=O) groups is 1. The Balaban J connectivity index is 1.09. The maximum Gasteiger partial charge on any atom is 0.508 e. The average Bonchev–Trinajstić information content (AvgIpc) is 3.74. The third-order valence-corrected chi connectivity index (χ3v) is 11.3. The summed E-state index contributed by atoms with van der Waals surface area (Å²) in [5.74, 6) is 0. The molecule has 0 amide bonds. The number of carbonyl (C=O) groups excluding carboxylic acids is 1. The molecule has 2 aliphatic rings. The fourth-order valence-electron chi connectivity index (χ4n) is 5.99. The summed E-state index contributed by atoms with van der Waals surface area (Å²) >= 11 is 1.33. The third kappa shape index (κ3) is 18.3. The van der Waals surface area contributed by atoms with Gasteiger partial charge >= 0.3 is 6.16 Å². The number of hydrogen-bond donors (Lipinski definition) is 0. The summed E-state index contributed by atoms with van der Waals surface area (Å²) in [7, 11) is -3.85. The predicted molar refractivity (Wildman–Crippen MR) is 197 cm³/mol. The molecule has 2 aliphatic heterocycles. The second-order valence-electron chi connectivity index (χ2n) is 13.4. The van der Waals surface area contributed by atoms with Gasteiger partial charge in [-0.25, -0.2) is 8.98 Å². The van der Waals surface area contributed by atoms with E-state index in [0.29, 0.717) is 19.8 Å². The van der Waals surface area contributed by atoms with E-state index in [1.165, 1.54) is 102 Å². The van der Waals surface area contributed by atoms with Gasteiger partial charge in [0.15, 0.2) is 6.29 Å². The number of hydrogen-bond acceptors (Lipinski definition) is 10. The smallest absolute Gasteiger partial charge is 0.434 e. The standard InChI is InChI=1S/C38H63NO8S2/c1-3-4-5-6-7-8-9-10-11-12-13-14-15-16-19-22-36-44-31-34(46-36)32-45-38(40)43-29-21-18-17-20-27-39-28-30-48-37(39)47-49(41,42)35-25-23-33(2)24-26-35/h23-26,28,30,34,36-37H,3-22,27,29,31-32H2,1-2H3. The van der Waals surface area contributed by atoms with Crippen LogP contribution in [0.4, 0.5) is 4.79 Å². The van der Waals surface area contributed by atoms with E-state index in [1.807, 2.05) is 23.4 Å². The lowest BCUT2D eigenvalue weighted by Crippen LogP contribution is -2.30. The first-order valence-corrected chi connectivity index (χ1v) is 21.4. The van der Waals surface area contributed by atoms with Crippen LogP contribution in [0.1, 0.15) is 141 Å². The number of thioether (sulfide) groups is 1. The Labute approximate surface area is 301 Å². The topological polar surface area (TPSA) is 101 Å². The molecule has 1 aromatic rings. The Kier molecular flexibility index (Phi) is 21.4. The molecular formula is C38H63NO8S2. The first-order valence-electron chi connectivity index (χ1n) is 19.0. The van der Waals surface area contributed by atoms with Crippen molar-refractivity contribution in [1.82, 2.24) is 4.90 Å². The van der Waals surface area contributed by atoms with Crippen molar-refractivity contribution in [1.29, 1.82) is 0 Å². The molecule has 0 saturated carbocycles. The molecule has 0 bridgehead atoms. The van der Waals surface area contributed by atoms with E-state index in [0.717, 1.165) is 44.1 Å². The zero-order chi connectivity index (χ0) is 35.0. The third-order valence-electron chi connectivity index (χ3n) is 9.01. The zero-order valence-corrected chi connectivity index (χ0v) is 31.8. The van der Waals surface area contributed by atoms with Gasteiger partial charge in [-0.3, -0.25) is 0 Å². The minimum atomic E-state index is -3.85. The van der Waals surface area contributed by atoms with Crippen LogP contribution in [0.15, 0.2) is 40.8 Å². The monoisotopic (exact) mass is 725 g/mol. The van der Waals surface area contributed by atoms with E-state index < -0.39 is 21.8 Å². The lowest BCUT2D eigenvalue weighted by molar-refractivity contribution is -0.0740. The molecule has 280 valence electrons. The highest BCUT2D eigenvalue weighted by Gasteiger charge is 2.28. The van der Waals surface area contributed by atoms with Crippen LogP contribution in [0.3, 0.4) is 0 Å². The highest BCUT2D eigenvalue weighted by molar-refractivity contribution is 8.03. The average molecular weight is 726 g/mol. The Hall–Kier alpha value is -1.79. The van der Waals surface area contributed by atoms with E-state index >= 15 is 0 Å².